The lowest BCUT2D eigenvalue weighted by Gasteiger charge is -2.25. The molecular formula is C10H10BrCl2F3Si. The fraction of sp³-hybridized carbons (Fsp3) is 0.400. The molecule has 0 aliphatic carbocycles. The summed E-state index contributed by atoms with van der Waals surface area (Å²) in [6.07, 6.45) is -4.42. The summed E-state index contributed by atoms with van der Waals surface area (Å²) in [5, 5.41) is 0.296. The van der Waals surface area contributed by atoms with Crippen LogP contribution >= 0.6 is 39.1 Å². The van der Waals surface area contributed by atoms with Gasteiger partial charge in [-0.25, -0.2) is 0 Å². The number of alkyl halides is 3. The van der Waals surface area contributed by atoms with Crippen LogP contribution in [0.1, 0.15) is 5.56 Å². The van der Waals surface area contributed by atoms with Crippen LogP contribution in [-0.4, -0.2) is 8.07 Å². The van der Waals surface area contributed by atoms with Crippen LogP contribution in [0.25, 0.3) is 0 Å². The molecule has 0 aliphatic rings. The Kier molecular flexibility index (Phi) is 4.29. The summed E-state index contributed by atoms with van der Waals surface area (Å²) < 4.78 is 39.1. The highest BCUT2D eigenvalue weighted by Gasteiger charge is 2.39. The zero-order valence-electron chi connectivity index (χ0n) is 9.35. The minimum absolute atomic E-state index is 0.00698. The molecule has 1 aromatic carbocycles. The SMILES string of the molecule is C[Si](C)(C)c1c(C(F)(F)F)cc(Br)c(Cl)c1Cl. The van der Waals surface area contributed by atoms with Crippen molar-refractivity contribution in [1.29, 1.82) is 0 Å². The van der Waals surface area contributed by atoms with E-state index in [4.69, 9.17) is 23.2 Å². The molecule has 0 N–H and O–H groups in total. The average molecular weight is 366 g/mol. The van der Waals surface area contributed by atoms with Crippen molar-refractivity contribution in [3.63, 3.8) is 0 Å². The third kappa shape index (κ3) is 3.19. The molecule has 0 bridgehead atoms. The Morgan fingerprint density at radius 1 is 1.12 bits per heavy atom. The van der Waals surface area contributed by atoms with Crippen LogP contribution < -0.4 is 5.19 Å². The van der Waals surface area contributed by atoms with Gasteiger partial charge in [0.15, 0.2) is 0 Å². The molecular weight excluding hydrogens is 356 g/mol. The van der Waals surface area contributed by atoms with E-state index in [1.807, 2.05) is 0 Å². The van der Waals surface area contributed by atoms with Crippen molar-refractivity contribution < 1.29 is 13.2 Å². The standard InChI is InChI=1S/C10H10BrCl2F3Si/c1-17(2,3)9-5(10(14,15)16)4-6(11)7(12)8(9)13/h4H,1-3H3. The molecule has 1 rings (SSSR count). The van der Waals surface area contributed by atoms with Crippen LogP contribution in [-0.2, 0) is 6.18 Å². The molecule has 0 amide bonds. The van der Waals surface area contributed by atoms with Crippen LogP contribution in [0.5, 0.6) is 0 Å². The lowest BCUT2D eigenvalue weighted by molar-refractivity contribution is -0.136. The molecule has 0 aliphatic heterocycles. The molecule has 0 aromatic heterocycles. The number of hydrogen-bond donors (Lipinski definition) is 0. The predicted octanol–water partition coefficient (Wildman–Crippen LogP) is 5.32. The van der Waals surface area contributed by atoms with Gasteiger partial charge in [-0.1, -0.05) is 42.8 Å². The average Bonchev–Trinajstić information content (AvgIpc) is 2.09. The summed E-state index contributed by atoms with van der Waals surface area (Å²) in [6.45, 7) is 5.40. The van der Waals surface area contributed by atoms with Crippen LogP contribution in [0.4, 0.5) is 13.2 Å². The molecule has 0 spiro atoms. The quantitative estimate of drug-likeness (QED) is 0.466. The van der Waals surface area contributed by atoms with Gasteiger partial charge in [0, 0.05) is 4.47 Å². The second-order valence-corrected chi connectivity index (χ2v) is 11.3. The number of hydrogen-bond acceptors (Lipinski definition) is 0. The van der Waals surface area contributed by atoms with Crippen LogP contribution in [0.2, 0.25) is 29.7 Å². The van der Waals surface area contributed by atoms with E-state index in [-0.39, 0.29) is 19.7 Å². The van der Waals surface area contributed by atoms with Crippen LogP contribution in [0.15, 0.2) is 10.5 Å². The second kappa shape index (κ2) is 4.76. The molecule has 0 saturated carbocycles. The predicted molar refractivity (Wildman–Crippen MR) is 72.1 cm³/mol. The minimum atomic E-state index is -4.42. The van der Waals surface area contributed by atoms with Crippen LogP contribution in [0.3, 0.4) is 0 Å². The maximum atomic E-state index is 13.0. The van der Waals surface area contributed by atoms with Gasteiger partial charge in [0.25, 0.3) is 0 Å². The highest BCUT2D eigenvalue weighted by Crippen LogP contribution is 2.38. The summed E-state index contributed by atoms with van der Waals surface area (Å²) in [4.78, 5) is 0. The van der Waals surface area contributed by atoms with Crippen molar-refractivity contribution in [1.82, 2.24) is 0 Å². The van der Waals surface area contributed by atoms with E-state index in [0.29, 0.717) is 0 Å². The molecule has 17 heavy (non-hydrogen) atoms. The zero-order chi connectivity index (χ0) is 13.6. The topological polar surface area (TPSA) is 0 Å². The number of rotatable bonds is 1. The summed E-state index contributed by atoms with van der Waals surface area (Å²) >= 11 is 14.8. The van der Waals surface area contributed by atoms with E-state index in [2.05, 4.69) is 15.9 Å². The molecule has 0 saturated heterocycles. The van der Waals surface area contributed by atoms with E-state index in [1.54, 1.807) is 19.6 Å². The maximum Gasteiger partial charge on any atom is 0.416 e. The maximum absolute atomic E-state index is 13.0. The summed E-state index contributed by atoms with van der Waals surface area (Å²) in [5.74, 6) is 0. The smallest absolute Gasteiger partial charge is 0.166 e. The largest absolute Gasteiger partial charge is 0.416 e. The molecule has 0 heterocycles. The lowest BCUT2D eigenvalue weighted by Crippen LogP contribution is -2.43. The van der Waals surface area contributed by atoms with Gasteiger partial charge in [0.2, 0.25) is 0 Å². The third-order valence-electron chi connectivity index (χ3n) is 2.22. The molecule has 0 atom stereocenters. The lowest BCUT2D eigenvalue weighted by atomic mass is 10.2. The van der Waals surface area contributed by atoms with Gasteiger partial charge < -0.3 is 0 Å². The van der Waals surface area contributed by atoms with Crippen molar-refractivity contribution in [3.8, 4) is 0 Å². The van der Waals surface area contributed by atoms with E-state index in [1.165, 1.54) is 0 Å². The van der Waals surface area contributed by atoms with Crippen molar-refractivity contribution in [3.05, 3.63) is 26.1 Å². The highest BCUT2D eigenvalue weighted by atomic mass is 79.9. The first kappa shape index (κ1) is 15.3. The Balaban J connectivity index is 3.71. The normalized spacial score (nSPS) is 13.0. The van der Waals surface area contributed by atoms with E-state index >= 15 is 0 Å². The highest BCUT2D eigenvalue weighted by molar-refractivity contribution is 9.10. The van der Waals surface area contributed by atoms with Crippen molar-refractivity contribution in [2.24, 2.45) is 0 Å². The van der Waals surface area contributed by atoms with Crippen molar-refractivity contribution in [2.75, 3.05) is 0 Å². The first-order valence-corrected chi connectivity index (χ1v) is 9.76. The Morgan fingerprint density at radius 2 is 1.59 bits per heavy atom. The molecule has 96 valence electrons. The van der Waals surface area contributed by atoms with E-state index in [9.17, 15) is 13.2 Å². The van der Waals surface area contributed by atoms with Gasteiger partial charge in [-0.05, 0) is 27.2 Å². The van der Waals surface area contributed by atoms with Gasteiger partial charge in [-0.3, -0.25) is 0 Å². The Bertz CT molecular complexity index is 452. The molecule has 0 radical (unpaired) electrons. The molecule has 7 heteroatoms. The van der Waals surface area contributed by atoms with Crippen molar-refractivity contribution in [2.45, 2.75) is 25.8 Å². The fourth-order valence-corrected chi connectivity index (χ4v) is 5.18. The van der Waals surface area contributed by atoms with E-state index < -0.39 is 19.8 Å². The van der Waals surface area contributed by atoms with Gasteiger partial charge in [-0.15, -0.1) is 0 Å². The van der Waals surface area contributed by atoms with Gasteiger partial charge in [0.1, 0.15) is 0 Å². The Morgan fingerprint density at radius 3 is 1.94 bits per heavy atom. The van der Waals surface area contributed by atoms with Crippen LogP contribution in [0, 0.1) is 0 Å². The van der Waals surface area contributed by atoms with Gasteiger partial charge in [-0.2, -0.15) is 13.2 Å². The Labute approximate surface area is 117 Å². The van der Waals surface area contributed by atoms with E-state index in [0.717, 1.165) is 6.07 Å². The molecule has 1 aromatic rings. The summed E-state index contributed by atoms with van der Waals surface area (Å²) in [6, 6.07) is 1.00. The minimum Gasteiger partial charge on any atom is -0.166 e. The number of halogens is 6. The summed E-state index contributed by atoms with van der Waals surface area (Å²) in [7, 11) is -2.24. The monoisotopic (exact) mass is 364 g/mol. The first-order valence-electron chi connectivity index (χ1n) is 4.71. The third-order valence-corrected chi connectivity index (χ3v) is 6.12. The molecule has 0 nitrogen and oxygen atoms in total. The summed E-state index contributed by atoms with van der Waals surface area (Å²) in [5.41, 5.74) is -0.696. The first-order chi connectivity index (χ1) is 7.46. The van der Waals surface area contributed by atoms with Gasteiger partial charge >= 0.3 is 6.18 Å². The molecule has 0 unspecified atom stereocenters. The Hall–Kier alpha value is 0.287. The second-order valence-electron chi connectivity index (χ2n) is 4.66. The molecule has 0 fully saturated rings. The number of benzene rings is 1. The van der Waals surface area contributed by atoms with Gasteiger partial charge in [0.05, 0.1) is 23.7 Å². The van der Waals surface area contributed by atoms with Crippen molar-refractivity contribution >= 4 is 52.4 Å². The zero-order valence-corrected chi connectivity index (χ0v) is 13.4. The fourth-order valence-electron chi connectivity index (χ4n) is 1.55.